The molecule has 0 aliphatic carbocycles. The van der Waals surface area contributed by atoms with Gasteiger partial charge in [-0.2, -0.15) is 13.2 Å². The van der Waals surface area contributed by atoms with Crippen LogP contribution in [0.5, 0.6) is 0 Å². The number of ketones is 1. The number of alkyl halides is 3. The molecule has 0 aliphatic heterocycles. The number of allylic oxidation sites excluding steroid dienone is 2. The average molecular weight is 232 g/mol. The van der Waals surface area contributed by atoms with Gasteiger partial charge >= 0.3 is 6.18 Å². The number of carbonyl (C=O) groups is 1. The Hall–Kier alpha value is -1.92. The summed E-state index contributed by atoms with van der Waals surface area (Å²) in [7, 11) is 0. The minimum absolute atomic E-state index is 0.308. The molecular weight excluding hydrogens is 225 g/mol. The van der Waals surface area contributed by atoms with Crippen molar-refractivity contribution in [1.82, 2.24) is 9.97 Å². The Balaban J connectivity index is 3.09. The molecule has 4 nitrogen and oxygen atoms in total. The maximum absolute atomic E-state index is 12.2. The molecule has 0 saturated heterocycles. The monoisotopic (exact) mass is 232 g/mol. The number of hydrogen-bond acceptors (Lipinski definition) is 4. The Kier molecular flexibility index (Phi) is 3.26. The molecule has 1 aromatic heterocycles. The zero-order valence-electron chi connectivity index (χ0n) is 8.12. The molecule has 1 rings (SSSR count). The lowest BCUT2D eigenvalue weighted by atomic mass is 10.2. The van der Waals surface area contributed by atoms with Crippen molar-refractivity contribution >= 4 is 5.78 Å². The van der Waals surface area contributed by atoms with Gasteiger partial charge in [-0.05, 0) is 13.0 Å². The van der Waals surface area contributed by atoms with E-state index in [0.29, 0.717) is 12.4 Å². The predicted octanol–water partition coefficient (Wildman–Crippen LogP) is 2.14. The Morgan fingerprint density at radius 2 is 2.06 bits per heavy atom. The van der Waals surface area contributed by atoms with Gasteiger partial charge in [0.2, 0.25) is 5.78 Å². The average Bonchev–Trinajstić information content (AvgIpc) is 2.15. The lowest BCUT2D eigenvalue weighted by molar-refractivity contribution is -0.141. The Morgan fingerprint density at radius 1 is 1.44 bits per heavy atom. The summed E-state index contributed by atoms with van der Waals surface area (Å²) in [6.45, 7) is 1.23. The molecule has 0 bridgehead atoms. The number of rotatable bonds is 2. The summed E-state index contributed by atoms with van der Waals surface area (Å²) in [4.78, 5) is 17.6. The van der Waals surface area contributed by atoms with Crippen LogP contribution in [0.2, 0.25) is 0 Å². The molecule has 0 radical (unpaired) electrons. The fourth-order valence-corrected chi connectivity index (χ4v) is 0.911. The standard InChI is InChI=1S/C9H7F3N2O2/c1-5(15)2-7(16)6-3-8(9(10,11)12)14-4-13-6/h2-4,15H,1H3/b5-2-. The minimum Gasteiger partial charge on any atom is -0.512 e. The van der Waals surface area contributed by atoms with Gasteiger partial charge < -0.3 is 5.11 Å². The van der Waals surface area contributed by atoms with E-state index in [2.05, 4.69) is 9.97 Å². The first kappa shape index (κ1) is 12.2. The molecule has 7 heteroatoms. The van der Waals surface area contributed by atoms with E-state index in [-0.39, 0.29) is 5.76 Å². The number of carbonyl (C=O) groups excluding carboxylic acids is 1. The quantitative estimate of drug-likeness (QED) is 0.482. The van der Waals surface area contributed by atoms with Crippen molar-refractivity contribution < 1.29 is 23.1 Å². The molecule has 0 amide bonds. The van der Waals surface area contributed by atoms with E-state index in [1.807, 2.05) is 0 Å². The lowest BCUT2D eigenvalue weighted by Gasteiger charge is -2.05. The normalized spacial score (nSPS) is 12.6. The van der Waals surface area contributed by atoms with Crippen LogP contribution in [0.25, 0.3) is 0 Å². The maximum atomic E-state index is 12.2. The van der Waals surface area contributed by atoms with Crippen molar-refractivity contribution in [2.24, 2.45) is 0 Å². The van der Waals surface area contributed by atoms with Crippen molar-refractivity contribution in [2.45, 2.75) is 13.1 Å². The molecule has 0 atom stereocenters. The minimum atomic E-state index is -4.63. The molecule has 0 spiro atoms. The second kappa shape index (κ2) is 4.30. The van der Waals surface area contributed by atoms with Crippen LogP contribution in [0.3, 0.4) is 0 Å². The van der Waals surface area contributed by atoms with Gasteiger partial charge in [0.25, 0.3) is 0 Å². The van der Waals surface area contributed by atoms with Gasteiger partial charge in [0.15, 0.2) is 0 Å². The van der Waals surface area contributed by atoms with Gasteiger partial charge in [-0.3, -0.25) is 4.79 Å². The van der Waals surface area contributed by atoms with Crippen LogP contribution in [0, 0.1) is 0 Å². The second-order valence-electron chi connectivity index (χ2n) is 2.94. The van der Waals surface area contributed by atoms with Crippen LogP contribution >= 0.6 is 0 Å². The van der Waals surface area contributed by atoms with Gasteiger partial charge in [-0.25, -0.2) is 9.97 Å². The first-order valence-corrected chi connectivity index (χ1v) is 4.11. The number of hydrogen-bond donors (Lipinski definition) is 1. The van der Waals surface area contributed by atoms with Crippen molar-refractivity contribution in [3.8, 4) is 0 Å². The number of aliphatic hydroxyl groups excluding tert-OH is 1. The molecule has 0 saturated carbocycles. The van der Waals surface area contributed by atoms with Gasteiger partial charge in [0.1, 0.15) is 17.7 Å². The third-order valence-electron chi connectivity index (χ3n) is 1.55. The SMILES string of the molecule is C/C(O)=C/C(=O)c1cc(C(F)(F)F)ncn1. The molecule has 0 fully saturated rings. The number of aromatic nitrogens is 2. The van der Waals surface area contributed by atoms with E-state index in [0.717, 1.165) is 6.08 Å². The van der Waals surface area contributed by atoms with E-state index in [1.165, 1.54) is 6.92 Å². The topological polar surface area (TPSA) is 63.1 Å². The van der Waals surface area contributed by atoms with Crippen LogP contribution in [0.4, 0.5) is 13.2 Å². The fourth-order valence-electron chi connectivity index (χ4n) is 0.911. The first-order chi connectivity index (χ1) is 7.30. The predicted molar refractivity (Wildman–Crippen MR) is 47.8 cm³/mol. The maximum Gasteiger partial charge on any atom is 0.433 e. The van der Waals surface area contributed by atoms with Gasteiger partial charge in [0.05, 0.1) is 5.76 Å². The lowest BCUT2D eigenvalue weighted by Crippen LogP contribution is -2.11. The summed E-state index contributed by atoms with van der Waals surface area (Å²) in [6, 6.07) is 0.530. The van der Waals surface area contributed by atoms with Crippen LogP contribution in [-0.2, 0) is 6.18 Å². The van der Waals surface area contributed by atoms with Crippen LogP contribution < -0.4 is 0 Å². The molecule has 1 heterocycles. The summed E-state index contributed by atoms with van der Waals surface area (Å²) >= 11 is 0. The van der Waals surface area contributed by atoms with Crippen LogP contribution in [-0.4, -0.2) is 20.9 Å². The molecule has 1 aromatic rings. The molecule has 0 aliphatic rings. The Labute approximate surface area is 88.5 Å². The molecule has 86 valence electrons. The summed E-state index contributed by atoms with van der Waals surface area (Å²) in [6.07, 6.45) is -3.20. The zero-order chi connectivity index (χ0) is 12.3. The summed E-state index contributed by atoms with van der Waals surface area (Å²) < 4.78 is 36.7. The van der Waals surface area contributed by atoms with Gasteiger partial charge in [0, 0.05) is 6.08 Å². The van der Waals surface area contributed by atoms with Gasteiger partial charge in [-0.15, -0.1) is 0 Å². The largest absolute Gasteiger partial charge is 0.512 e. The van der Waals surface area contributed by atoms with E-state index in [4.69, 9.17) is 5.11 Å². The third-order valence-corrected chi connectivity index (χ3v) is 1.55. The zero-order valence-corrected chi connectivity index (χ0v) is 8.12. The molecule has 16 heavy (non-hydrogen) atoms. The van der Waals surface area contributed by atoms with Crippen LogP contribution in [0.1, 0.15) is 23.1 Å². The van der Waals surface area contributed by atoms with E-state index >= 15 is 0 Å². The molecule has 0 unspecified atom stereocenters. The van der Waals surface area contributed by atoms with Crippen molar-refractivity contribution in [3.05, 3.63) is 35.6 Å². The summed E-state index contributed by atoms with van der Waals surface area (Å²) in [5.41, 5.74) is -1.62. The Bertz CT molecular complexity index is 437. The fraction of sp³-hybridized carbons (Fsp3) is 0.222. The molecule has 0 aromatic carbocycles. The number of nitrogens with zero attached hydrogens (tertiary/aromatic N) is 2. The highest BCUT2D eigenvalue weighted by Crippen LogP contribution is 2.27. The molecular formula is C9H7F3N2O2. The Morgan fingerprint density at radius 3 is 2.56 bits per heavy atom. The third kappa shape index (κ3) is 3.04. The highest BCUT2D eigenvalue weighted by atomic mass is 19.4. The number of halogens is 3. The first-order valence-electron chi connectivity index (χ1n) is 4.11. The van der Waals surface area contributed by atoms with E-state index in [9.17, 15) is 18.0 Å². The molecule has 1 N–H and O–H groups in total. The van der Waals surface area contributed by atoms with Crippen molar-refractivity contribution in [3.63, 3.8) is 0 Å². The van der Waals surface area contributed by atoms with E-state index < -0.39 is 23.3 Å². The summed E-state index contributed by atoms with van der Waals surface area (Å²) in [5.74, 6) is -1.12. The summed E-state index contributed by atoms with van der Waals surface area (Å²) in [5, 5.41) is 8.79. The van der Waals surface area contributed by atoms with Crippen molar-refractivity contribution in [1.29, 1.82) is 0 Å². The van der Waals surface area contributed by atoms with Gasteiger partial charge in [-0.1, -0.05) is 0 Å². The number of aliphatic hydroxyl groups is 1. The van der Waals surface area contributed by atoms with Crippen molar-refractivity contribution in [2.75, 3.05) is 0 Å². The van der Waals surface area contributed by atoms with Crippen LogP contribution in [0.15, 0.2) is 24.2 Å². The van der Waals surface area contributed by atoms with E-state index in [1.54, 1.807) is 0 Å². The highest BCUT2D eigenvalue weighted by Gasteiger charge is 2.33. The smallest absolute Gasteiger partial charge is 0.433 e. The highest BCUT2D eigenvalue weighted by molar-refractivity contribution is 6.03. The second-order valence-corrected chi connectivity index (χ2v) is 2.94.